The number of halogens is 2. The number of hydrogen-bond acceptors (Lipinski definition) is 3. The minimum atomic E-state index is -0.467. The third-order valence-electron chi connectivity index (χ3n) is 3.96. The Labute approximate surface area is 181 Å². The number of nitriles is 1. The molecule has 0 saturated carbocycles. The normalized spacial score (nSPS) is 10.9. The molecule has 3 aromatic rings. The van der Waals surface area contributed by atoms with Gasteiger partial charge in [-0.3, -0.25) is 4.79 Å². The van der Waals surface area contributed by atoms with Crippen LogP contribution in [-0.2, 0) is 11.4 Å². The van der Waals surface area contributed by atoms with Crippen molar-refractivity contribution in [2.75, 3.05) is 5.32 Å². The SMILES string of the molecule is N#C/C(=C\c1ccc(OCc2ccc(F)cc2)cc1)C(=O)Nc1cccc(I)c1. The molecule has 0 aromatic heterocycles. The molecule has 0 radical (unpaired) electrons. The van der Waals surface area contributed by atoms with Crippen molar-refractivity contribution in [1.29, 1.82) is 5.26 Å². The Morgan fingerprint density at radius 3 is 2.48 bits per heavy atom. The van der Waals surface area contributed by atoms with Crippen molar-refractivity contribution < 1.29 is 13.9 Å². The van der Waals surface area contributed by atoms with Crippen molar-refractivity contribution in [3.63, 3.8) is 0 Å². The van der Waals surface area contributed by atoms with Crippen LogP contribution in [0.5, 0.6) is 5.75 Å². The second kappa shape index (κ2) is 9.85. The maximum Gasteiger partial charge on any atom is 0.266 e. The molecule has 0 aliphatic heterocycles. The summed E-state index contributed by atoms with van der Waals surface area (Å²) in [6.07, 6.45) is 1.52. The van der Waals surface area contributed by atoms with Gasteiger partial charge in [0.2, 0.25) is 0 Å². The number of rotatable bonds is 6. The number of amides is 1. The molecular formula is C23H16FIN2O2. The molecule has 0 aliphatic carbocycles. The highest BCUT2D eigenvalue weighted by Gasteiger charge is 2.10. The average molecular weight is 498 g/mol. The Morgan fingerprint density at radius 1 is 1.10 bits per heavy atom. The molecule has 0 fully saturated rings. The summed E-state index contributed by atoms with van der Waals surface area (Å²) in [7, 11) is 0. The van der Waals surface area contributed by atoms with Gasteiger partial charge in [0.05, 0.1) is 0 Å². The minimum Gasteiger partial charge on any atom is -0.489 e. The van der Waals surface area contributed by atoms with E-state index in [1.807, 2.05) is 24.3 Å². The van der Waals surface area contributed by atoms with E-state index in [1.165, 1.54) is 18.2 Å². The second-order valence-electron chi connectivity index (χ2n) is 6.12. The van der Waals surface area contributed by atoms with Crippen molar-refractivity contribution in [3.8, 4) is 11.8 Å². The lowest BCUT2D eigenvalue weighted by Gasteiger charge is -2.07. The van der Waals surface area contributed by atoms with Gasteiger partial charge in [-0.2, -0.15) is 5.26 Å². The monoisotopic (exact) mass is 498 g/mol. The molecule has 0 unspecified atom stereocenters. The summed E-state index contributed by atoms with van der Waals surface area (Å²) >= 11 is 2.15. The van der Waals surface area contributed by atoms with Crippen molar-refractivity contribution in [3.05, 3.63) is 98.9 Å². The van der Waals surface area contributed by atoms with Crippen LogP contribution in [0.1, 0.15) is 11.1 Å². The first-order valence-electron chi connectivity index (χ1n) is 8.69. The fraction of sp³-hybridized carbons (Fsp3) is 0.0435. The van der Waals surface area contributed by atoms with Crippen LogP contribution in [0.25, 0.3) is 6.08 Å². The molecule has 4 nitrogen and oxygen atoms in total. The molecule has 0 aliphatic rings. The van der Waals surface area contributed by atoms with Crippen LogP contribution in [0.2, 0.25) is 0 Å². The number of carbonyl (C=O) groups excluding carboxylic acids is 1. The molecule has 144 valence electrons. The van der Waals surface area contributed by atoms with E-state index in [9.17, 15) is 14.4 Å². The molecule has 3 aromatic carbocycles. The minimum absolute atomic E-state index is 0.00356. The van der Waals surface area contributed by atoms with Crippen LogP contribution in [-0.4, -0.2) is 5.91 Å². The zero-order chi connectivity index (χ0) is 20.6. The van der Waals surface area contributed by atoms with Gasteiger partial charge in [-0.25, -0.2) is 4.39 Å². The van der Waals surface area contributed by atoms with Crippen LogP contribution in [0.4, 0.5) is 10.1 Å². The molecule has 6 heteroatoms. The van der Waals surface area contributed by atoms with Crippen LogP contribution in [0.3, 0.4) is 0 Å². The number of ether oxygens (including phenoxy) is 1. The fourth-order valence-corrected chi connectivity index (χ4v) is 3.03. The smallest absolute Gasteiger partial charge is 0.266 e. The van der Waals surface area contributed by atoms with Gasteiger partial charge < -0.3 is 10.1 Å². The molecule has 0 heterocycles. The summed E-state index contributed by atoms with van der Waals surface area (Å²) < 4.78 is 19.6. The van der Waals surface area contributed by atoms with E-state index < -0.39 is 5.91 Å². The first kappa shape index (κ1) is 20.6. The first-order chi connectivity index (χ1) is 14.0. The molecule has 1 amide bonds. The Hall–Kier alpha value is -3.18. The fourth-order valence-electron chi connectivity index (χ4n) is 2.49. The predicted octanol–water partition coefficient (Wildman–Crippen LogP) is 5.55. The quantitative estimate of drug-likeness (QED) is 0.275. The van der Waals surface area contributed by atoms with Gasteiger partial charge in [0, 0.05) is 9.26 Å². The maximum absolute atomic E-state index is 12.9. The van der Waals surface area contributed by atoms with Gasteiger partial charge in [-0.05, 0) is 82.3 Å². The third kappa shape index (κ3) is 6.16. The van der Waals surface area contributed by atoms with E-state index in [-0.39, 0.29) is 11.4 Å². The molecule has 0 bridgehead atoms. The Bertz CT molecular complexity index is 1070. The molecule has 1 N–H and O–H groups in total. The van der Waals surface area contributed by atoms with Crippen molar-refractivity contribution in [1.82, 2.24) is 0 Å². The zero-order valence-electron chi connectivity index (χ0n) is 15.2. The first-order valence-corrected chi connectivity index (χ1v) is 9.77. The van der Waals surface area contributed by atoms with Crippen molar-refractivity contribution in [2.45, 2.75) is 6.61 Å². The zero-order valence-corrected chi connectivity index (χ0v) is 17.4. The van der Waals surface area contributed by atoms with Crippen molar-refractivity contribution in [2.24, 2.45) is 0 Å². The van der Waals surface area contributed by atoms with Crippen LogP contribution in [0, 0.1) is 20.7 Å². The van der Waals surface area contributed by atoms with Gasteiger partial charge in [-0.15, -0.1) is 0 Å². The Morgan fingerprint density at radius 2 is 1.83 bits per heavy atom. The summed E-state index contributed by atoms with van der Waals surface area (Å²) in [5, 5.41) is 12.1. The molecule has 29 heavy (non-hydrogen) atoms. The van der Waals surface area contributed by atoms with Crippen molar-refractivity contribution >= 4 is 40.3 Å². The van der Waals surface area contributed by atoms with Gasteiger partial charge in [0.15, 0.2) is 0 Å². The Kier molecular flexibility index (Phi) is 6.98. The summed E-state index contributed by atoms with van der Waals surface area (Å²) in [6.45, 7) is 0.317. The second-order valence-corrected chi connectivity index (χ2v) is 7.36. The molecular weight excluding hydrogens is 482 g/mol. The maximum atomic E-state index is 12.9. The Balaban J connectivity index is 1.64. The van der Waals surface area contributed by atoms with Gasteiger partial charge in [0.1, 0.15) is 29.8 Å². The highest BCUT2D eigenvalue weighted by Crippen LogP contribution is 2.18. The number of benzene rings is 3. The molecule has 3 rings (SSSR count). The standard InChI is InChI=1S/C23H16FIN2O2/c24-19-8-4-17(5-9-19)15-29-22-10-6-16(7-11-22)12-18(14-26)23(28)27-21-3-1-2-20(25)13-21/h1-13H,15H2,(H,27,28)/b18-12+. The summed E-state index contributed by atoms with van der Waals surface area (Å²) in [5.41, 5.74) is 2.19. The predicted molar refractivity (Wildman–Crippen MR) is 119 cm³/mol. The molecule has 0 atom stereocenters. The van der Waals surface area contributed by atoms with E-state index in [4.69, 9.17) is 4.74 Å². The number of anilines is 1. The van der Waals surface area contributed by atoms with Gasteiger partial charge >= 0.3 is 0 Å². The number of nitrogens with zero attached hydrogens (tertiary/aromatic N) is 1. The average Bonchev–Trinajstić information content (AvgIpc) is 2.72. The van der Waals surface area contributed by atoms with Gasteiger partial charge in [0.25, 0.3) is 5.91 Å². The van der Waals surface area contributed by atoms with E-state index in [0.29, 0.717) is 23.6 Å². The highest BCUT2D eigenvalue weighted by molar-refractivity contribution is 14.1. The van der Waals surface area contributed by atoms with E-state index in [2.05, 4.69) is 27.9 Å². The van der Waals surface area contributed by atoms with Crippen LogP contribution < -0.4 is 10.1 Å². The summed E-state index contributed by atoms with van der Waals surface area (Å²) in [6, 6.07) is 22.4. The number of carbonyl (C=O) groups is 1. The largest absolute Gasteiger partial charge is 0.489 e. The lowest BCUT2D eigenvalue weighted by molar-refractivity contribution is -0.112. The molecule has 0 saturated heterocycles. The number of hydrogen-bond donors (Lipinski definition) is 1. The third-order valence-corrected chi connectivity index (χ3v) is 4.63. The summed E-state index contributed by atoms with van der Waals surface area (Å²) in [4.78, 5) is 12.4. The van der Waals surface area contributed by atoms with Crippen LogP contribution in [0.15, 0.2) is 78.4 Å². The van der Waals surface area contributed by atoms with E-state index in [1.54, 1.807) is 42.5 Å². The molecule has 0 spiro atoms. The van der Waals surface area contributed by atoms with Crippen LogP contribution >= 0.6 is 22.6 Å². The van der Waals surface area contributed by atoms with E-state index in [0.717, 1.165) is 9.13 Å². The lowest BCUT2D eigenvalue weighted by Crippen LogP contribution is -2.13. The van der Waals surface area contributed by atoms with E-state index >= 15 is 0 Å². The number of nitrogens with one attached hydrogen (secondary N) is 1. The van der Waals surface area contributed by atoms with Gasteiger partial charge in [-0.1, -0.05) is 30.3 Å². The highest BCUT2D eigenvalue weighted by atomic mass is 127. The summed E-state index contributed by atoms with van der Waals surface area (Å²) in [5.74, 6) is -0.122. The topological polar surface area (TPSA) is 62.1 Å². The lowest BCUT2D eigenvalue weighted by atomic mass is 10.1.